The molecule has 3 aromatic rings. The second-order valence-electron chi connectivity index (χ2n) is 8.19. The number of methoxy groups -OCH3 is 1. The number of anilines is 2. The lowest BCUT2D eigenvalue weighted by molar-refractivity contribution is -0.127. The number of hydrogen-bond donors (Lipinski definition) is 4. The molecule has 0 aliphatic carbocycles. The minimum Gasteiger partial charge on any atom is -0.497 e. The van der Waals surface area contributed by atoms with E-state index in [0.717, 1.165) is 27.9 Å². The van der Waals surface area contributed by atoms with E-state index in [-0.39, 0.29) is 5.91 Å². The fourth-order valence-corrected chi connectivity index (χ4v) is 4.43. The highest BCUT2D eigenvalue weighted by Crippen LogP contribution is 2.29. The van der Waals surface area contributed by atoms with Crippen LogP contribution in [0.5, 0.6) is 5.75 Å². The number of hydrogen-bond acceptors (Lipinski definition) is 7. The number of carbonyl (C=O) groups is 2. The van der Waals surface area contributed by atoms with Crippen LogP contribution in [0.3, 0.4) is 0 Å². The molecule has 34 heavy (non-hydrogen) atoms. The topological polar surface area (TPSA) is 129 Å². The Labute approximate surface area is 197 Å². The van der Waals surface area contributed by atoms with Crippen molar-refractivity contribution < 1.29 is 19.4 Å². The zero-order valence-electron chi connectivity index (χ0n) is 19.1. The molecule has 1 saturated heterocycles. The van der Waals surface area contributed by atoms with E-state index < -0.39 is 18.1 Å². The molecule has 0 bridgehead atoms. The molecule has 4 rings (SSSR count). The van der Waals surface area contributed by atoms with Crippen molar-refractivity contribution >= 4 is 34.4 Å². The molecule has 4 N–H and O–H groups in total. The van der Waals surface area contributed by atoms with Crippen LogP contribution in [0.15, 0.2) is 48.8 Å². The average Bonchev–Trinajstić information content (AvgIpc) is 2.84. The highest BCUT2D eigenvalue weighted by Gasteiger charge is 2.35. The molecule has 10 nitrogen and oxygen atoms in total. The van der Waals surface area contributed by atoms with Gasteiger partial charge in [0.1, 0.15) is 17.9 Å². The minimum atomic E-state index is -1.12. The van der Waals surface area contributed by atoms with Gasteiger partial charge in [-0.15, -0.1) is 0 Å². The van der Waals surface area contributed by atoms with Crippen LogP contribution in [0.4, 0.5) is 16.3 Å². The van der Waals surface area contributed by atoms with Gasteiger partial charge < -0.3 is 25.8 Å². The maximum Gasteiger partial charge on any atom is 0.404 e. The van der Waals surface area contributed by atoms with Crippen molar-refractivity contribution in [2.24, 2.45) is 5.92 Å². The van der Waals surface area contributed by atoms with Crippen molar-refractivity contribution in [3.63, 3.8) is 0 Å². The van der Waals surface area contributed by atoms with Crippen LogP contribution in [0.1, 0.15) is 12.0 Å². The summed E-state index contributed by atoms with van der Waals surface area (Å²) in [4.78, 5) is 34.7. The summed E-state index contributed by atoms with van der Waals surface area (Å²) < 4.78 is 5.32. The first-order valence-corrected chi connectivity index (χ1v) is 11.1. The maximum atomic E-state index is 12.5. The fourth-order valence-electron chi connectivity index (χ4n) is 4.43. The van der Waals surface area contributed by atoms with Gasteiger partial charge in [0.25, 0.3) is 0 Å². The lowest BCUT2D eigenvalue weighted by Gasteiger charge is -2.37. The zero-order valence-corrected chi connectivity index (χ0v) is 19.1. The first-order chi connectivity index (χ1) is 16.5. The molecule has 1 aliphatic rings. The van der Waals surface area contributed by atoms with Gasteiger partial charge in [-0.05, 0) is 30.2 Å². The van der Waals surface area contributed by atoms with Gasteiger partial charge in [-0.25, -0.2) is 14.8 Å². The number of amides is 2. The molecule has 2 amide bonds. The number of likely N-dealkylation sites (tertiary alicyclic amines) is 1. The molecule has 10 heteroatoms. The Kier molecular flexibility index (Phi) is 7.07. The summed E-state index contributed by atoms with van der Waals surface area (Å²) in [5.74, 6) is 0.765. The standard InChI is InChI=1S/C24H28N6O4/c1-25-23(31)18-13-30(10-9-19(18)29-24(32)33)12-15-5-3-8-20-21(15)22(27-14-26-20)28-16-6-4-7-17(11-16)34-2/h3-8,11,14,18-19,29H,9-10,12-13H2,1-2H3,(H,25,31)(H,32,33)(H,26,27,28)/t18-,19+/m0/s1. The molecule has 2 heterocycles. The van der Waals surface area contributed by atoms with Crippen LogP contribution < -0.4 is 20.7 Å². The number of ether oxygens (including phenoxy) is 1. The lowest BCUT2D eigenvalue weighted by Crippen LogP contribution is -2.55. The van der Waals surface area contributed by atoms with Crippen molar-refractivity contribution in [2.45, 2.75) is 19.0 Å². The van der Waals surface area contributed by atoms with Gasteiger partial charge in [-0.2, -0.15) is 0 Å². The molecule has 2 aromatic carbocycles. The highest BCUT2D eigenvalue weighted by molar-refractivity contribution is 5.93. The monoisotopic (exact) mass is 464 g/mol. The Hall–Kier alpha value is -3.92. The molecule has 0 radical (unpaired) electrons. The summed E-state index contributed by atoms with van der Waals surface area (Å²) in [6.45, 7) is 1.67. The quantitative estimate of drug-likeness (QED) is 0.420. The summed E-state index contributed by atoms with van der Waals surface area (Å²) in [6.07, 6.45) is 0.951. The van der Waals surface area contributed by atoms with Crippen molar-refractivity contribution in [3.8, 4) is 5.75 Å². The van der Waals surface area contributed by atoms with E-state index in [2.05, 4.69) is 30.8 Å². The Bertz CT molecular complexity index is 1180. The molecule has 178 valence electrons. The van der Waals surface area contributed by atoms with Crippen molar-refractivity contribution in [1.82, 2.24) is 25.5 Å². The van der Waals surface area contributed by atoms with Gasteiger partial charge in [-0.1, -0.05) is 18.2 Å². The summed E-state index contributed by atoms with van der Waals surface area (Å²) in [6, 6.07) is 13.1. The lowest BCUT2D eigenvalue weighted by atomic mass is 9.90. The van der Waals surface area contributed by atoms with Gasteiger partial charge in [-0.3, -0.25) is 9.69 Å². The van der Waals surface area contributed by atoms with Crippen molar-refractivity contribution in [1.29, 1.82) is 0 Å². The SMILES string of the molecule is CNC(=O)[C@H]1CN(Cc2cccc3ncnc(Nc4cccc(OC)c4)c23)CC[C@H]1NC(=O)O. The minimum absolute atomic E-state index is 0.176. The summed E-state index contributed by atoms with van der Waals surface area (Å²) in [5.41, 5.74) is 2.67. The van der Waals surface area contributed by atoms with E-state index in [1.54, 1.807) is 14.2 Å². The summed E-state index contributed by atoms with van der Waals surface area (Å²) in [7, 11) is 3.19. The number of nitrogens with one attached hydrogen (secondary N) is 3. The van der Waals surface area contributed by atoms with Gasteiger partial charge in [0.15, 0.2) is 0 Å². The first-order valence-electron chi connectivity index (χ1n) is 11.1. The van der Waals surface area contributed by atoms with Crippen LogP contribution in [-0.4, -0.2) is 65.3 Å². The van der Waals surface area contributed by atoms with Crippen LogP contribution in [-0.2, 0) is 11.3 Å². The van der Waals surface area contributed by atoms with E-state index >= 15 is 0 Å². The third-order valence-electron chi connectivity index (χ3n) is 6.06. The maximum absolute atomic E-state index is 12.5. The molecule has 2 atom stereocenters. The van der Waals surface area contributed by atoms with Crippen LogP contribution in [0.2, 0.25) is 0 Å². The van der Waals surface area contributed by atoms with Crippen molar-refractivity contribution in [3.05, 3.63) is 54.4 Å². The Morgan fingerprint density at radius 3 is 2.79 bits per heavy atom. The summed E-state index contributed by atoms with van der Waals surface area (Å²) >= 11 is 0. The third kappa shape index (κ3) is 5.18. The smallest absolute Gasteiger partial charge is 0.404 e. The summed E-state index contributed by atoms with van der Waals surface area (Å²) in [5, 5.41) is 18.6. The Balaban J connectivity index is 1.61. The molecule has 0 unspecified atom stereocenters. The molecular formula is C24H28N6O4. The fraction of sp³-hybridized carbons (Fsp3) is 0.333. The average molecular weight is 465 g/mol. The number of nitrogens with zero attached hydrogens (tertiary/aromatic N) is 3. The molecule has 1 aliphatic heterocycles. The van der Waals surface area contributed by atoms with E-state index in [4.69, 9.17) is 9.84 Å². The normalized spacial score (nSPS) is 18.3. The first kappa shape index (κ1) is 23.2. The number of fused-ring (bicyclic) bond motifs is 1. The Morgan fingerprint density at radius 2 is 2.03 bits per heavy atom. The van der Waals surface area contributed by atoms with Crippen LogP contribution in [0.25, 0.3) is 10.9 Å². The molecule has 0 spiro atoms. The Morgan fingerprint density at radius 1 is 1.21 bits per heavy atom. The predicted molar refractivity (Wildman–Crippen MR) is 128 cm³/mol. The second-order valence-corrected chi connectivity index (χ2v) is 8.19. The number of aromatic nitrogens is 2. The van der Waals surface area contributed by atoms with E-state index in [1.807, 2.05) is 42.5 Å². The van der Waals surface area contributed by atoms with Crippen LogP contribution in [0, 0.1) is 5.92 Å². The number of benzene rings is 2. The molecule has 1 fully saturated rings. The largest absolute Gasteiger partial charge is 0.497 e. The number of rotatable bonds is 7. The van der Waals surface area contributed by atoms with Gasteiger partial charge in [0, 0.05) is 49.9 Å². The van der Waals surface area contributed by atoms with E-state index in [0.29, 0.717) is 31.9 Å². The molecule has 0 saturated carbocycles. The highest BCUT2D eigenvalue weighted by atomic mass is 16.5. The van der Waals surface area contributed by atoms with E-state index in [9.17, 15) is 9.59 Å². The van der Waals surface area contributed by atoms with Gasteiger partial charge in [0.2, 0.25) is 5.91 Å². The van der Waals surface area contributed by atoms with Gasteiger partial charge >= 0.3 is 6.09 Å². The van der Waals surface area contributed by atoms with Crippen molar-refractivity contribution in [2.75, 3.05) is 32.6 Å². The second kappa shape index (κ2) is 10.3. The molecule has 1 aromatic heterocycles. The van der Waals surface area contributed by atoms with Gasteiger partial charge in [0.05, 0.1) is 18.5 Å². The zero-order chi connectivity index (χ0) is 24.1. The van der Waals surface area contributed by atoms with E-state index in [1.165, 1.54) is 6.33 Å². The third-order valence-corrected chi connectivity index (χ3v) is 6.06. The predicted octanol–water partition coefficient (Wildman–Crippen LogP) is 2.59. The number of piperidine rings is 1. The number of carboxylic acid groups (broad SMARTS) is 1. The number of carbonyl (C=O) groups excluding carboxylic acids is 1. The molecular weight excluding hydrogens is 436 g/mol. The van der Waals surface area contributed by atoms with Crippen LogP contribution >= 0.6 is 0 Å².